The van der Waals surface area contributed by atoms with Gasteiger partial charge in [-0.1, -0.05) is 25.0 Å². The van der Waals surface area contributed by atoms with Crippen LogP contribution in [0.25, 0.3) is 0 Å². The molecule has 1 saturated carbocycles. The summed E-state index contributed by atoms with van der Waals surface area (Å²) in [5, 5.41) is 5.85. The molecule has 0 radical (unpaired) electrons. The van der Waals surface area contributed by atoms with Crippen molar-refractivity contribution in [3.05, 3.63) is 29.3 Å². The number of amides is 2. The molecule has 2 rings (SSSR count). The van der Waals surface area contributed by atoms with E-state index in [1.165, 1.54) is 0 Å². The van der Waals surface area contributed by atoms with Gasteiger partial charge < -0.3 is 15.4 Å². The second kappa shape index (κ2) is 8.71. The minimum absolute atomic E-state index is 0.0613. The van der Waals surface area contributed by atoms with E-state index >= 15 is 0 Å². The Kier molecular flexibility index (Phi) is 6.64. The minimum atomic E-state index is -0.148. The molecule has 1 aromatic rings. The van der Waals surface area contributed by atoms with Gasteiger partial charge in [-0.15, -0.1) is 0 Å². The predicted octanol–water partition coefficient (Wildman–Crippen LogP) is 2.70. The van der Waals surface area contributed by atoms with Crippen LogP contribution in [0.15, 0.2) is 18.2 Å². The summed E-state index contributed by atoms with van der Waals surface area (Å²) in [4.78, 5) is 24.1. The molecule has 2 N–H and O–H groups in total. The highest BCUT2D eigenvalue weighted by Crippen LogP contribution is 2.24. The zero-order valence-corrected chi connectivity index (χ0v) is 14.9. The van der Waals surface area contributed by atoms with Crippen molar-refractivity contribution >= 4 is 11.8 Å². The number of carbonyl (C=O) groups is 2. The Morgan fingerprint density at radius 3 is 2.67 bits per heavy atom. The third kappa shape index (κ3) is 5.25. The van der Waals surface area contributed by atoms with Crippen LogP contribution < -0.4 is 15.4 Å². The van der Waals surface area contributed by atoms with E-state index in [4.69, 9.17) is 4.74 Å². The lowest BCUT2D eigenvalue weighted by Crippen LogP contribution is -2.39. The SMILES string of the molecule is COc1cc(CNC(=O)CC(C)NC(=O)C2CCCC2)ccc1C. The van der Waals surface area contributed by atoms with Crippen LogP contribution in [0.3, 0.4) is 0 Å². The first-order chi connectivity index (χ1) is 11.5. The fraction of sp³-hybridized carbons (Fsp3) is 0.579. The molecule has 0 aliphatic heterocycles. The van der Waals surface area contributed by atoms with Crippen molar-refractivity contribution in [1.82, 2.24) is 10.6 Å². The normalized spacial score (nSPS) is 15.8. The zero-order chi connectivity index (χ0) is 17.5. The van der Waals surface area contributed by atoms with Gasteiger partial charge in [0.1, 0.15) is 5.75 Å². The molecule has 1 aliphatic carbocycles. The minimum Gasteiger partial charge on any atom is -0.496 e. The number of nitrogens with one attached hydrogen (secondary N) is 2. The monoisotopic (exact) mass is 332 g/mol. The summed E-state index contributed by atoms with van der Waals surface area (Å²) in [6.07, 6.45) is 4.50. The Labute approximate surface area is 144 Å². The number of methoxy groups -OCH3 is 1. The summed E-state index contributed by atoms with van der Waals surface area (Å²) in [7, 11) is 1.64. The van der Waals surface area contributed by atoms with Crippen LogP contribution in [-0.2, 0) is 16.1 Å². The molecule has 5 heteroatoms. The van der Waals surface area contributed by atoms with Gasteiger partial charge in [0.05, 0.1) is 7.11 Å². The summed E-state index contributed by atoms with van der Waals surface area (Å²) in [6.45, 7) is 4.32. The van der Waals surface area contributed by atoms with Crippen LogP contribution in [0, 0.1) is 12.8 Å². The average molecular weight is 332 g/mol. The molecule has 0 aromatic heterocycles. The smallest absolute Gasteiger partial charge is 0.223 e. The lowest BCUT2D eigenvalue weighted by atomic mass is 10.1. The Morgan fingerprint density at radius 1 is 1.29 bits per heavy atom. The van der Waals surface area contributed by atoms with E-state index in [2.05, 4.69) is 10.6 Å². The quantitative estimate of drug-likeness (QED) is 0.807. The summed E-state index contributed by atoms with van der Waals surface area (Å²) < 4.78 is 5.29. The van der Waals surface area contributed by atoms with Crippen LogP contribution in [0.1, 0.15) is 50.2 Å². The first-order valence-electron chi connectivity index (χ1n) is 8.70. The highest BCUT2D eigenvalue weighted by Gasteiger charge is 2.24. The lowest BCUT2D eigenvalue weighted by molar-refractivity contribution is -0.126. The fourth-order valence-corrected chi connectivity index (χ4v) is 3.13. The van der Waals surface area contributed by atoms with E-state index < -0.39 is 0 Å². The van der Waals surface area contributed by atoms with E-state index in [-0.39, 0.29) is 23.8 Å². The second-order valence-corrected chi connectivity index (χ2v) is 6.68. The molecule has 24 heavy (non-hydrogen) atoms. The Morgan fingerprint density at radius 2 is 2.00 bits per heavy atom. The highest BCUT2D eigenvalue weighted by molar-refractivity contribution is 5.81. The summed E-state index contributed by atoms with van der Waals surface area (Å²) in [6, 6.07) is 5.74. The molecular formula is C19H28N2O3. The van der Waals surface area contributed by atoms with Crippen LogP contribution in [0.4, 0.5) is 0 Å². The molecule has 1 unspecified atom stereocenters. The van der Waals surface area contributed by atoms with Crippen molar-refractivity contribution in [3.63, 3.8) is 0 Å². The maximum atomic E-state index is 12.1. The predicted molar refractivity (Wildman–Crippen MR) is 93.8 cm³/mol. The maximum absolute atomic E-state index is 12.1. The highest BCUT2D eigenvalue weighted by atomic mass is 16.5. The molecule has 1 aromatic carbocycles. The number of rotatable bonds is 7. The van der Waals surface area contributed by atoms with Crippen molar-refractivity contribution in [3.8, 4) is 5.75 Å². The number of aryl methyl sites for hydroxylation is 1. The van der Waals surface area contributed by atoms with Crippen molar-refractivity contribution < 1.29 is 14.3 Å². The summed E-state index contributed by atoms with van der Waals surface area (Å²) >= 11 is 0. The Hall–Kier alpha value is -2.04. The van der Waals surface area contributed by atoms with Gasteiger partial charge in [-0.2, -0.15) is 0 Å². The number of hydrogen-bond acceptors (Lipinski definition) is 3. The molecule has 2 amide bonds. The first kappa shape index (κ1) is 18.3. The molecule has 5 nitrogen and oxygen atoms in total. The van der Waals surface area contributed by atoms with E-state index in [9.17, 15) is 9.59 Å². The molecule has 1 atom stereocenters. The molecule has 0 spiro atoms. The molecule has 1 aliphatic rings. The largest absolute Gasteiger partial charge is 0.496 e. The van der Waals surface area contributed by atoms with E-state index in [0.717, 1.165) is 42.6 Å². The number of hydrogen-bond donors (Lipinski definition) is 2. The van der Waals surface area contributed by atoms with E-state index in [0.29, 0.717) is 13.0 Å². The van der Waals surface area contributed by atoms with Crippen molar-refractivity contribution in [2.24, 2.45) is 5.92 Å². The van der Waals surface area contributed by atoms with Gasteiger partial charge in [0.15, 0.2) is 0 Å². The third-order valence-electron chi connectivity index (χ3n) is 4.57. The van der Waals surface area contributed by atoms with Gasteiger partial charge in [-0.3, -0.25) is 9.59 Å². The standard InChI is InChI=1S/C19H28N2O3/c1-13-8-9-15(11-17(13)24-3)12-20-18(22)10-14(2)21-19(23)16-6-4-5-7-16/h8-9,11,14,16H,4-7,10,12H2,1-3H3,(H,20,22)(H,21,23). The maximum Gasteiger partial charge on any atom is 0.223 e. The van der Waals surface area contributed by atoms with Crippen LogP contribution in [0.5, 0.6) is 5.75 Å². The number of benzene rings is 1. The average Bonchev–Trinajstić information content (AvgIpc) is 3.08. The number of carbonyl (C=O) groups excluding carboxylic acids is 2. The van der Waals surface area contributed by atoms with E-state index in [1.54, 1.807) is 7.11 Å². The Balaban J connectivity index is 1.75. The summed E-state index contributed by atoms with van der Waals surface area (Å²) in [5.74, 6) is 0.985. The van der Waals surface area contributed by atoms with Crippen molar-refractivity contribution in [1.29, 1.82) is 0 Å². The summed E-state index contributed by atoms with van der Waals surface area (Å²) in [5.41, 5.74) is 2.06. The van der Waals surface area contributed by atoms with Gasteiger partial charge in [0, 0.05) is 24.9 Å². The topological polar surface area (TPSA) is 67.4 Å². The number of ether oxygens (including phenoxy) is 1. The Bertz CT molecular complexity index is 580. The van der Waals surface area contributed by atoms with Crippen molar-refractivity contribution in [2.45, 2.75) is 58.5 Å². The zero-order valence-electron chi connectivity index (χ0n) is 14.9. The van der Waals surface area contributed by atoms with Crippen LogP contribution in [-0.4, -0.2) is 25.0 Å². The first-order valence-corrected chi connectivity index (χ1v) is 8.70. The molecule has 1 fully saturated rings. The van der Waals surface area contributed by atoms with Gasteiger partial charge in [-0.05, 0) is 43.9 Å². The van der Waals surface area contributed by atoms with Crippen LogP contribution >= 0.6 is 0 Å². The molecule has 0 heterocycles. The van der Waals surface area contributed by atoms with Gasteiger partial charge in [-0.25, -0.2) is 0 Å². The fourth-order valence-electron chi connectivity index (χ4n) is 3.13. The van der Waals surface area contributed by atoms with Gasteiger partial charge >= 0.3 is 0 Å². The van der Waals surface area contributed by atoms with Crippen LogP contribution in [0.2, 0.25) is 0 Å². The van der Waals surface area contributed by atoms with Gasteiger partial charge in [0.2, 0.25) is 11.8 Å². The second-order valence-electron chi connectivity index (χ2n) is 6.68. The van der Waals surface area contributed by atoms with Crippen molar-refractivity contribution in [2.75, 3.05) is 7.11 Å². The lowest BCUT2D eigenvalue weighted by Gasteiger charge is -2.17. The molecular weight excluding hydrogens is 304 g/mol. The molecule has 132 valence electrons. The molecule has 0 saturated heterocycles. The molecule has 0 bridgehead atoms. The third-order valence-corrected chi connectivity index (χ3v) is 4.57. The van der Waals surface area contributed by atoms with E-state index in [1.807, 2.05) is 32.0 Å². The van der Waals surface area contributed by atoms with Gasteiger partial charge in [0.25, 0.3) is 0 Å².